The van der Waals surface area contributed by atoms with Crippen molar-refractivity contribution in [2.24, 2.45) is 5.73 Å². The predicted molar refractivity (Wildman–Crippen MR) is 74.9 cm³/mol. The van der Waals surface area contributed by atoms with Crippen molar-refractivity contribution in [3.8, 4) is 0 Å². The molecule has 0 aromatic carbocycles. The summed E-state index contributed by atoms with van der Waals surface area (Å²) in [7, 11) is 0. The first kappa shape index (κ1) is 16.8. The lowest BCUT2D eigenvalue weighted by molar-refractivity contribution is -0.150. The summed E-state index contributed by atoms with van der Waals surface area (Å²) < 4.78 is 37.5. The monoisotopic (exact) mass is 337 g/mol. The van der Waals surface area contributed by atoms with Crippen LogP contribution in [0.4, 0.5) is 19.0 Å². The fourth-order valence-electron chi connectivity index (χ4n) is 2.43. The lowest BCUT2D eigenvalue weighted by atomic mass is 10.1. The van der Waals surface area contributed by atoms with Crippen molar-refractivity contribution in [1.82, 2.24) is 15.1 Å². The van der Waals surface area contributed by atoms with Crippen molar-refractivity contribution < 1.29 is 18.0 Å². The Kier molecular flexibility index (Phi) is 4.76. The molecule has 122 valence electrons. The van der Waals surface area contributed by atoms with E-state index in [0.717, 1.165) is 0 Å². The third kappa shape index (κ3) is 3.98. The normalized spacial score (nSPS) is 20.2. The Morgan fingerprint density at radius 1 is 1.45 bits per heavy atom. The summed E-state index contributed by atoms with van der Waals surface area (Å²) in [5, 5.41) is 7.56. The quantitative estimate of drug-likeness (QED) is 0.900. The maximum atomic E-state index is 12.5. The number of alkyl halides is 3. The van der Waals surface area contributed by atoms with Crippen LogP contribution in [-0.2, 0) is 0 Å². The van der Waals surface area contributed by atoms with E-state index in [9.17, 15) is 18.0 Å². The fraction of sp³-hybridized carbons (Fsp3) is 0.583. The second kappa shape index (κ2) is 6.25. The lowest BCUT2D eigenvalue weighted by Gasteiger charge is -2.40. The maximum Gasteiger partial charge on any atom is 0.401 e. The molecule has 1 unspecified atom stereocenters. The van der Waals surface area contributed by atoms with Gasteiger partial charge in [0, 0.05) is 25.7 Å². The highest BCUT2D eigenvalue weighted by atomic mass is 35.5. The smallest absolute Gasteiger partial charge is 0.365 e. The molecule has 1 fully saturated rings. The second-order valence-corrected chi connectivity index (χ2v) is 5.54. The summed E-state index contributed by atoms with van der Waals surface area (Å²) in [4.78, 5) is 14.5. The number of nitrogens with zero attached hydrogens (tertiary/aromatic N) is 4. The number of halogens is 4. The van der Waals surface area contributed by atoms with Crippen LogP contribution >= 0.6 is 11.6 Å². The minimum atomic E-state index is -4.24. The van der Waals surface area contributed by atoms with Gasteiger partial charge in [0.05, 0.1) is 12.1 Å². The molecule has 1 saturated heterocycles. The second-order valence-electron chi connectivity index (χ2n) is 5.15. The first-order valence-electron chi connectivity index (χ1n) is 6.56. The molecule has 2 N–H and O–H groups in total. The van der Waals surface area contributed by atoms with Crippen molar-refractivity contribution in [2.75, 3.05) is 31.1 Å². The van der Waals surface area contributed by atoms with E-state index < -0.39 is 18.6 Å². The Bertz CT molecular complexity index is 568. The molecule has 2 heterocycles. The topological polar surface area (TPSA) is 75.4 Å². The molecule has 0 aliphatic carbocycles. The zero-order valence-electron chi connectivity index (χ0n) is 11.8. The van der Waals surface area contributed by atoms with Crippen LogP contribution in [0.2, 0.25) is 5.15 Å². The van der Waals surface area contributed by atoms with Gasteiger partial charge >= 0.3 is 6.18 Å². The van der Waals surface area contributed by atoms with Crippen LogP contribution in [0.25, 0.3) is 0 Å². The van der Waals surface area contributed by atoms with Crippen LogP contribution in [0.5, 0.6) is 0 Å². The highest BCUT2D eigenvalue weighted by Gasteiger charge is 2.35. The first-order valence-corrected chi connectivity index (χ1v) is 6.94. The van der Waals surface area contributed by atoms with E-state index in [4.69, 9.17) is 17.3 Å². The molecule has 0 spiro atoms. The van der Waals surface area contributed by atoms with E-state index in [2.05, 4.69) is 10.2 Å². The van der Waals surface area contributed by atoms with E-state index in [1.54, 1.807) is 11.8 Å². The summed E-state index contributed by atoms with van der Waals surface area (Å²) in [5.74, 6) is -0.465. The molecule has 2 rings (SSSR count). The van der Waals surface area contributed by atoms with Crippen LogP contribution in [-0.4, -0.2) is 59.4 Å². The number of piperazine rings is 1. The highest BCUT2D eigenvalue weighted by Crippen LogP contribution is 2.24. The van der Waals surface area contributed by atoms with Crippen molar-refractivity contribution in [2.45, 2.75) is 19.1 Å². The number of amides is 1. The van der Waals surface area contributed by atoms with Crippen molar-refractivity contribution >= 4 is 23.3 Å². The molecule has 1 aliphatic rings. The molecule has 1 aromatic rings. The molecule has 1 amide bonds. The third-order valence-electron chi connectivity index (χ3n) is 3.46. The van der Waals surface area contributed by atoms with E-state index in [1.807, 2.05) is 0 Å². The van der Waals surface area contributed by atoms with Crippen LogP contribution in [0.1, 0.15) is 17.3 Å². The highest BCUT2D eigenvalue weighted by molar-refractivity contribution is 6.29. The maximum absolute atomic E-state index is 12.5. The minimum Gasteiger partial charge on any atom is -0.365 e. The van der Waals surface area contributed by atoms with Gasteiger partial charge in [-0.25, -0.2) is 0 Å². The number of carbonyl (C=O) groups excluding carboxylic acids is 1. The molecule has 1 aromatic heterocycles. The third-order valence-corrected chi connectivity index (χ3v) is 3.64. The lowest BCUT2D eigenvalue weighted by Crippen LogP contribution is -2.54. The number of anilines is 1. The Balaban J connectivity index is 2.15. The largest absolute Gasteiger partial charge is 0.401 e. The van der Waals surface area contributed by atoms with Gasteiger partial charge in [-0.2, -0.15) is 13.2 Å². The van der Waals surface area contributed by atoms with Crippen LogP contribution in [0, 0.1) is 0 Å². The summed E-state index contributed by atoms with van der Waals surface area (Å²) in [5.41, 5.74) is 5.39. The number of carbonyl (C=O) groups is 1. The SMILES string of the molecule is CC1CN(c2nnc(Cl)cc2C(N)=O)CCN1CC(F)(F)F. The Hall–Kier alpha value is -1.61. The van der Waals surface area contributed by atoms with Gasteiger partial charge in [-0.1, -0.05) is 11.6 Å². The number of hydrogen-bond donors (Lipinski definition) is 1. The number of aromatic nitrogens is 2. The van der Waals surface area contributed by atoms with Gasteiger partial charge in [0.2, 0.25) is 0 Å². The molecular weight excluding hydrogens is 323 g/mol. The standard InChI is InChI=1S/C12H15ClF3N5O/c1-7-5-20(2-3-21(7)6-12(14,15)16)11-8(10(17)22)4-9(13)18-19-11/h4,7H,2-3,5-6H2,1H3,(H2,17,22). The molecular formula is C12H15ClF3N5O. The Morgan fingerprint density at radius 3 is 2.68 bits per heavy atom. The Morgan fingerprint density at radius 2 is 2.14 bits per heavy atom. The molecule has 0 bridgehead atoms. The van der Waals surface area contributed by atoms with E-state index in [0.29, 0.717) is 0 Å². The van der Waals surface area contributed by atoms with E-state index >= 15 is 0 Å². The summed E-state index contributed by atoms with van der Waals surface area (Å²) >= 11 is 5.69. The Labute approximate surface area is 130 Å². The average Bonchev–Trinajstić information content (AvgIpc) is 2.39. The van der Waals surface area contributed by atoms with Gasteiger partial charge < -0.3 is 10.6 Å². The van der Waals surface area contributed by atoms with E-state index in [-0.39, 0.29) is 42.2 Å². The molecule has 1 aliphatic heterocycles. The number of hydrogen-bond acceptors (Lipinski definition) is 5. The van der Waals surface area contributed by atoms with Gasteiger partial charge in [0.1, 0.15) is 0 Å². The average molecular weight is 338 g/mol. The van der Waals surface area contributed by atoms with Gasteiger partial charge in [-0.3, -0.25) is 9.69 Å². The van der Waals surface area contributed by atoms with Gasteiger partial charge in [0.15, 0.2) is 11.0 Å². The molecule has 10 heteroatoms. The minimum absolute atomic E-state index is 0.0290. The molecule has 1 atom stereocenters. The molecule has 0 radical (unpaired) electrons. The molecule has 6 nitrogen and oxygen atoms in total. The summed E-state index contributed by atoms with van der Waals surface area (Å²) in [6, 6.07) is 0.951. The summed E-state index contributed by atoms with van der Waals surface area (Å²) in [6.45, 7) is 1.50. The van der Waals surface area contributed by atoms with E-state index in [1.165, 1.54) is 11.0 Å². The molecule has 0 saturated carbocycles. The number of nitrogens with two attached hydrogens (primary N) is 1. The number of rotatable bonds is 3. The number of primary amides is 1. The zero-order chi connectivity index (χ0) is 16.5. The zero-order valence-corrected chi connectivity index (χ0v) is 12.5. The van der Waals surface area contributed by atoms with Crippen LogP contribution < -0.4 is 10.6 Å². The van der Waals surface area contributed by atoms with Gasteiger partial charge in [0.25, 0.3) is 5.91 Å². The van der Waals surface area contributed by atoms with Crippen molar-refractivity contribution in [3.05, 3.63) is 16.8 Å². The van der Waals surface area contributed by atoms with Gasteiger partial charge in [-0.15, -0.1) is 10.2 Å². The summed E-state index contributed by atoms with van der Waals surface area (Å²) in [6.07, 6.45) is -4.24. The fourth-order valence-corrected chi connectivity index (χ4v) is 2.58. The first-order chi connectivity index (χ1) is 10.2. The molecule has 22 heavy (non-hydrogen) atoms. The van der Waals surface area contributed by atoms with Crippen LogP contribution in [0.3, 0.4) is 0 Å². The van der Waals surface area contributed by atoms with Gasteiger partial charge in [-0.05, 0) is 13.0 Å². The van der Waals surface area contributed by atoms with Crippen LogP contribution in [0.15, 0.2) is 6.07 Å². The van der Waals surface area contributed by atoms with Crippen molar-refractivity contribution in [1.29, 1.82) is 0 Å². The predicted octanol–water partition coefficient (Wildman–Crippen LogP) is 1.30. The van der Waals surface area contributed by atoms with Crippen molar-refractivity contribution in [3.63, 3.8) is 0 Å².